The molecule has 0 bridgehead atoms. The van der Waals surface area contributed by atoms with E-state index in [4.69, 9.17) is 0 Å². The molecule has 22 heavy (non-hydrogen) atoms. The molecular weight excluding hydrogens is 280 g/mol. The first-order chi connectivity index (χ1) is 10.8. The van der Waals surface area contributed by atoms with Crippen molar-refractivity contribution in [2.45, 2.75) is 88.6 Å². The van der Waals surface area contributed by atoms with Crippen molar-refractivity contribution in [2.75, 3.05) is 0 Å². The summed E-state index contributed by atoms with van der Waals surface area (Å²) in [5, 5.41) is 6.14. The number of nitrogens with one attached hydrogen (secondary N) is 2. The highest BCUT2D eigenvalue weighted by molar-refractivity contribution is 5.85. The van der Waals surface area contributed by atoms with E-state index < -0.39 is 0 Å². The van der Waals surface area contributed by atoms with Crippen LogP contribution in [0.1, 0.15) is 64.2 Å². The van der Waals surface area contributed by atoms with Gasteiger partial charge in [-0.2, -0.15) is 0 Å². The van der Waals surface area contributed by atoms with Crippen molar-refractivity contribution in [3.63, 3.8) is 0 Å². The monoisotopic (exact) mass is 306 g/mol. The number of hydrogen-bond acceptors (Lipinski definition) is 2. The molecule has 2 aliphatic carbocycles. The van der Waals surface area contributed by atoms with Gasteiger partial charge in [0.1, 0.15) is 12.3 Å². The average Bonchev–Trinajstić information content (AvgIpc) is 3.01. The van der Waals surface area contributed by atoms with E-state index >= 15 is 0 Å². The number of carbonyl (C=O) groups is 2. The predicted octanol–water partition coefficient (Wildman–Crippen LogP) is 2.35. The highest BCUT2D eigenvalue weighted by atomic mass is 16.2. The van der Waals surface area contributed by atoms with Crippen LogP contribution in [-0.4, -0.2) is 46.3 Å². The first kappa shape index (κ1) is 14.2. The zero-order valence-electron chi connectivity index (χ0n) is 13.1. The molecular formula is C16H26N4O2. The van der Waals surface area contributed by atoms with Crippen molar-refractivity contribution in [2.24, 2.45) is 0 Å². The zero-order chi connectivity index (χ0) is 15.1. The quantitative estimate of drug-likeness (QED) is 0.822. The largest absolute Gasteiger partial charge is 0.321 e. The molecule has 2 saturated heterocycles. The summed E-state index contributed by atoms with van der Waals surface area (Å²) in [5.41, 5.74) is 0. The van der Waals surface area contributed by atoms with Gasteiger partial charge in [0.15, 0.2) is 0 Å². The van der Waals surface area contributed by atoms with Gasteiger partial charge in [0, 0.05) is 12.1 Å². The lowest BCUT2D eigenvalue weighted by Gasteiger charge is -2.34. The molecule has 4 rings (SSSR count). The van der Waals surface area contributed by atoms with Crippen LogP contribution in [0.15, 0.2) is 0 Å². The number of hydrogen-bond donors (Lipinski definition) is 2. The summed E-state index contributed by atoms with van der Waals surface area (Å²) >= 11 is 0. The number of urea groups is 2. The lowest BCUT2D eigenvalue weighted by atomic mass is 9.93. The Balaban J connectivity index is 1.52. The van der Waals surface area contributed by atoms with Crippen LogP contribution in [0.25, 0.3) is 0 Å². The van der Waals surface area contributed by atoms with Crippen molar-refractivity contribution in [1.29, 1.82) is 0 Å². The Hall–Kier alpha value is -1.46. The summed E-state index contributed by atoms with van der Waals surface area (Å²) in [7, 11) is 0. The molecule has 122 valence electrons. The average molecular weight is 306 g/mol. The summed E-state index contributed by atoms with van der Waals surface area (Å²) in [6, 6.07) is 0.580. The SMILES string of the molecule is O=C1N[C@H]2[C@H](NC(=O)N2C2CCCCC2)N1C1CCCCC1. The predicted molar refractivity (Wildman–Crippen MR) is 82.1 cm³/mol. The summed E-state index contributed by atoms with van der Waals surface area (Å²) in [6.07, 6.45) is 11.2. The molecule has 4 aliphatic rings. The van der Waals surface area contributed by atoms with Gasteiger partial charge in [-0.25, -0.2) is 9.59 Å². The lowest BCUT2D eigenvalue weighted by molar-refractivity contribution is 0.123. The van der Waals surface area contributed by atoms with Crippen LogP contribution in [0.2, 0.25) is 0 Å². The van der Waals surface area contributed by atoms with Crippen molar-refractivity contribution < 1.29 is 9.59 Å². The second kappa shape index (κ2) is 5.63. The highest BCUT2D eigenvalue weighted by Crippen LogP contribution is 2.33. The molecule has 0 aromatic carbocycles. The molecule has 0 aromatic rings. The standard InChI is InChI=1S/C16H26N4O2/c21-15-18-14-13(19(15)11-7-3-1-4-8-11)17-16(22)20(14)12-9-5-2-6-10-12/h11-14H,1-10H2,(H,17,22)(H,18,21)/t13-,14-/m1/s1. The van der Waals surface area contributed by atoms with E-state index in [-0.39, 0.29) is 36.5 Å². The van der Waals surface area contributed by atoms with Gasteiger partial charge in [-0.05, 0) is 25.7 Å². The fourth-order valence-corrected chi connectivity index (χ4v) is 4.76. The molecule has 0 aromatic heterocycles. The van der Waals surface area contributed by atoms with Gasteiger partial charge >= 0.3 is 12.1 Å². The maximum atomic E-state index is 12.5. The van der Waals surface area contributed by atoms with E-state index in [1.807, 2.05) is 9.80 Å². The third kappa shape index (κ3) is 2.23. The van der Waals surface area contributed by atoms with Crippen molar-refractivity contribution in [1.82, 2.24) is 20.4 Å². The van der Waals surface area contributed by atoms with E-state index in [0.29, 0.717) is 0 Å². The van der Waals surface area contributed by atoms with Gasteiger partial charge in [-0.15, -0.1) is 0 Å². The Bertz CT molecular complexity index is 415. The molecule has 0 spiro atoms. The van der Waals surface area contributed by atoms with Gasteiger partial charge in [-0.3, -0.25) is 9.80 Å². The zero-order valence-corrected chi connectivity index (χ0v) is 13.1. The summed E-state index contributed by atoms with van der Waals surface area (Å²) < 4.78 is 0. The molecule has 0 radical (unpaired) electrons. The first-order valence-corrected chi connectivity index (χ1v) is 8.93. The maximum Gasteiger partial charge on any atom is 0.321 e. The normalized spacial score (nSPS) is 33.8. The molecule has 2 saturated carbocycles. The minimum atomic E-state index is -0.176. The summed E-state index contributed by atoms with van der Waals surface area (Å²) in [4.78, 5) is 28.8. The van der Waals surface area contributed by atoms with Crippen LogP contribution in [0.5, 0.6) is 0 Å². The number of fused-ring (bicyclic) bond motifs is 1. The Morgan fingerprint density at radius 2 is 1.00 bits per heavy atom. The van der Waals surface area contributed by atoms with Crippen molar-refractivity contribution in [3.05, 3.63) is 0 Å². The molecule has 2 atom stereocenters. The molecule has 4 amide bonds. The van der Waals surface area contributed by atoms with Gasteiger partial charge in [0.2, 0.25) is 0 Å². The molecule has 6 nitrogen and oxygen atoms in total. The van der Waals surface area contributed by atoms with Crippen LogP contribution in [0.4, 0.5) is 9.59 Å². The van der Waals surface area contributed by atoms with Crippen LogP contribution in [0.3, 0.4) is 0 Å². The van der Waals surface area contributed by atoms with E-state index in [1.54, 1.807) is 0 Å². The van der Waals surface area contributed by atoms with Gasteiger partial charge in [0.05, 0.1) is 0 Å². The van der Waals surface area contributed by atoms with Crippen molar-refractivity contribution >= 4 is 12.1 Å². The number of rotatable bonds is 2. The van der Waals surface area contributed by atoms with E-state index in [9.17, 15) is 9.59 Å². The smallest absolute Gasteiger partial charge is 0.314 e. The van der Waals surface area contributed by atoms with Gasteiger partial charge in [-0.1, -0.05) is 38.5 Å². The second-order valence-corrected chi connectivity index (χ2v) is 7.19. The third-order valence-corrected chi connectivity index (χ3v) is 5.85. The summed E-state index contributed by atoms with van der Waals surface area (Å²) in [5.74, 6) is 0. The Kier molecular flexibility index (Phi) is 3.62. The fraction of sp³-hybridized carbons (Fsp3) is 0.875. The van der Waals surface area contributed by atoms with Crippen LogP contribution < -0.4 is 10.6 Å². The summed E-state index contributed by atoms with van der Waals surface area (Å²) in [6.45, 7) is 0. The Labute approximate surface area is 131 Å². The highest BCUT2D eigenvalue weighted by Gasteiger charge is 2.53. The number of nitrogens with zero attached hydrogens (tertiary/aromatic N) is 2. The van der Waals surface area contributed by atoms with Crippen LogP contribution in [0, 0.1) is 0 Å². The molecule has 2 aliphatic heterocycles. The van der Waals surface area contributed by atoms with Gasteiger partial charge < -0.3 is 10.6 Å². The molecule has 2 N–H and O–H groups in total. The molecule has 6 heteroatoms. The van der Waals surface area contributed by atoms with E-state index in [0.717, 1.165) is 25.7 Å². The molecule has 2 heterocycles. The maximum absolute atomic E-state index is 12.5. The van der Waals surface area contributed by atoms with Gasteiger partial charge in [0.25, 0.3) is 0 Å². The minimum absolute atomic E-state index is 0.00251. The Morgan fingerprint density at radius 1 is 0.636 bits per heavy atom. The van der Waals surface area contributed by atoms with E-state index in [1.165, 1.54) is 38.5 Å². The molecule has 4 fully saturated rings. The minimum Gasteiger partial charge on any atom is -0.314 e. The lowest BCUT2D eigenvalue weighted by Crippen LogP contribution is -2.49. The van der Waals surface area contributed by atoms with E-state index in [2.05, 4.69) is 10.6 Å². The topological polar surface area (TPSA) is 64.7 Å². The third-order valence-electron chi connectivity index (χ3n) is 5.85. The Morgan fingerprint density at radius 3 is 1.36 bits per heavy atom. The van der Waals surface area contributed by atoms with Crippen LogP contribution in [-0.2, 0) is 0 Å². The van der Waals surface area contributed by atoms with Crippen molar-refractivity contribution in [3.8, 4) is 0 Å². The fourth-order valence-electron chi connectivity index (χ4n) is 4.76. The van der Waals surface area contributed by atoms with Crippen LogP contribution >= 0.6 is 0 Å². The number of amides is 4. The second-order valence-electron chi connectivity index (χ2n) is 7.19. The molecule has 0 unspecified atom stereocenters. The number of carbonyl (C=O) groups excluding carboxylic acids is 2. The first-order valence-electron chi connectivity index (χ1n) is 8.93.